The third kappa shape index (κ3) is 6.64. The minimum Gasteiger partial charge on any atom is -0.339 e. The van der Waals surface area contributed by atoms with Crippen LogP contribution < -0.4 is 5.32 Å². The molecule has 0 radical (unpaired) electrons. The van der Waals surface area contributed by atoms with E-state index in [-0.39, 0.29) is 24.9 Å². The van der Waals surface area contributed by atoms with Crippen molar-refractivity contribution in [2.24, 2.45) is 0 Å². The first-order valence-corrected chi connectivity index (χ1v) is 10.9. The van der Waals surface area contributed by atoms with Crippen molar-refractivity contribution in [3.8, 4) is 0 Å². The van der Waals surface area contributed by atoms with E-state index >= 15 is 0 Å². The highest BCUT2D eigenvalue weighted by Crippen LogP contribution is 2.17. The molecular weight excluding hydrogens is 388 g/mol. The molecule has 1 aliphatic rings. The largest absolute Gasteiger partial charge is 0.339 e. The van der Waals surface area contributed by atoms with E-state index in [0.717, 1.165) is 49.5 Å². The zero-order chi connectivity index (χ0) is 22.4. The van der Waals surface area contributed by atoms with Gasteiger partial charge in [0.1, 0.15) is 0 Å². The first-order valence-electron chi connectivity index (χ1n) is 10.9. The lowest BCUT2D eigenvalue weighted by atomic mass is 10.1. The second-order valence-corrected chi connectivity index (χ2v) is 8.61. The molecule has 0 saturated carbocycles. The smallest absolute Gasteiger partial charge is 0.238 e. The van der Waals surface area contributed by atoms with Gasteiger partial charge < -0.3 is 10.2 Å². The Hall–Kier alpha value is -2.70. The number of carbonyl (C=O) groups excluding carboxylic acids is 2. The minimum atomic E-state index is -0.105. The maximum atomic E-state index is 12.7. The fraction of sp³-hybridized carbons (Fsp3) is 0.440. The molecule has 1 heterocycles. The van der Waals surface area contributed by atoms with E-state index < -0.39 is 0 Å². The lowest BCUT2D eigenvalue weighted by Gasteiger charge is -2.35. The SMILES string of the molecule is Cc1cccc(CN2CCN(C(=O)CN(C)CC(=O)Nc3cccc(C)c3C)CC2)c1. The van der Waals surface area contributed by atoms with Crippen LogP contribution in [-0.4, -0.2) is 72.8 Å². The Bertz CT molecular complexity index is 919. The molecule has 6 nitrogen and oxygen atoms in total. The van der Waals surface area contributed by atoms with Crippen molar-refractivity contribution in [3.05, 3.63) is 64.7 Å². The molecule has 0 aliphatic carbocycles. The standard InChI is InChI=1S/C25H34N4O2/c1-19-7-5-9-22(15-19)16-28-11-13-29(14-12-28)25(31)18-27(4)17-24(30)26-23-10-6-8-20(2)21(23)3/h5-10,15H,11-14,16-18H2,1-4H3,(H,26,30). The molecule has 6 heteroatoms. The maximum Gasteiger partial charge on any atom is 0.238 e. The van der Waals surface area contributed by atoms with Crippen molar-refractivity contribution < 1.29 is 9.59 Å². The number of anilines is 1. The van der Waals surface area contributed by atoms with Gasteiger partial charge in [-0.2, -0.15) is 0 Å². The molecule has 2 amide bonds. The fourth-order valence-corrected chi connectivity index (χ4v) is 3.93. The second-order valence-electron chi connectivity index (χ2n) is 8.61. The number of nitrogens with one attached hydrogen (secondary N) is 1. The molecule has 2 aromatic carbocycles. The molecule has 2 aromatic rings. The van der Waals surface area contributed by atoms with E-state index in [9.17, 15) is 9.59 Å². The van der Waals surface area contributed by atoms with Crippen LogP contribution in [0.1, 0.15) is 22.3 Å². The van der Waals surface area contributed by atoms with Crippen LogP contribution in [0.2, 0.25) is 0 Å². The van der Waals surface area contributed by atoms with E-state index in [1.54, 1.807) is 4.90 Å². The average molecular weight is 423 g/mol. The van der Waals surface area contributed by atoms with Gasteiger partial charge in [0.25, 0.3) is 0 Å². The monoisotopic (exact) mass is 422 g/mol. The number of rotatable bonds is 7. The Morgan fingerprint density at radius 3 is 2.39 bits per heavy atom. The summed E-state index contributed by atoms with van der Waals surface area (Å²) >= 11 is 0. The van der Waals surface area contributed by atoms with Crippen molar-refractivity contribution in [1.29, 1.82) is 0 Å². The highest BCUT2D eigenvalue weighted by Gasteiger charge is 2.22. The van der Waals surface area contributed by atoms with Gasteiger partial charge in [0, 0.05) is 38.4 Å². The summed E-state index contributed by atoms with van der Waals surface area (Å²) < 4.78 is 0. The first kappa shape index (κ1) is 23.0. The van der Waals surface area contributed by atoms with Crippen LogP contribution in [0.4, 0.5) is 5.69 Å². The molecule has 1 N–H and O–H groups in total. The summed E-state index contributed by atoms with van der Waals surface area (Å²) in [5.41, 5.74) is 5.63. The molecule has 3 rings (SSSR count). The van der Waals surface area contributed by atoms with Crippen molar-refractivity contribution in [2.75, 3.05) is 51.6 Å². The van der Waals surface area contributed by atoms with Gasteiger partial charge in [-0.3, -0.25) is 19.4 Å². The number of hydrogen-bond acceptors (Lipinski definition) is 4. The lowest BCUT2D eigenvalue weighted by molar-refractivity contribution is -0.134. The summed E-state index contributed by atoms with van der Waals surface area (Å²) in [6.07, 6.45) is 0. The number of aryl methyl sites for hydroxylation is 2. The summed E-state index contributed by atoms with van der Waals surface area (Å²) in [4.78, 5) is 31.2. The van der Waals surface area contributed by atoms with Gasteiger partial charge in [0.05, 0.1) is 13.1 Å². The molecule has 166 valence electrons. The zero-order valence-corrected chi connectivity index (χ0v) is 19.1. The van der Waals surface area contributed by atoms with Crippen LogP contribution >= 0.6 is 0 Å². The van der Waals surface area contributed by atoms with Gasteiger partial charge >= 0.3 is 0 Å². The van der Waals surface area contributed by atoms with E-state index in [4.69, 9.17) is 0 Å². The average Bonchev–Trinajstić information content (AvgIpc) is 2.72. The summed E-state index contributed by atoms with van der Waals surface area (Å²) in [6.45, 7) is 10.7. The second kappa shape index (κ2) is 10.6. The van der Waals surface area contributed by atoms with E-state index in [0.29, 0.717) is 0 Å². The predicted octanol–water partition coefficient (Wildman–Crippen LogP) is 2.83. The van der Waals surface area contributed by atoms with Crippen LogP contribution in [0.15, 0.2) is 42.5 Å². The predicted molar refractivity (Wildman–Crippen MR) is 125 cm³/mol. The Morgan fingerprint density at radius 1 is 0.968 bits per heavy atom. The third-order valence-electron chi connectivity index (χ3n) is 5.91. The van der Waals surface area contributed by atoms with E-state index in [1.807, 2.05) is 44.0 Å². The normalized spacial score (nSPS) is 14.7. The topological polar surface area (TPSA) is 55.9 Å². The first-order chi connectivity index (χ1) is 14.8. The number of carbonyl (C=O) groups is 2. The van der Waals surface area contributed by atoms with Gasteiger partial charge in [0.2, 0.25) is 11.8 Å². The summed E-state index contributed by atoms with van der Waals surface area (Å²) in [6, 6.07) is 14.4. The number of nitrogens with zero attached hydrogens (tertiary/aromatic N) is 3. The molecule has 0 bridgehead atoms. The van der Waals surface area contributed by atoms with Gasteiger partial charge in [-0.1, -0.05) is 42.0 Å². The molecule has 0 spiro atoms. The van der Waals surface area contributed by atoms with Crippen LogP contribution in [-0.2, 0) is 16.1 Å². The summed E-state index contributed by atoms with van der Waals surface area (Å²) in [5, 5.41) is 2.96. The molecule has 0 aromatic heterocycles. The summed E-state index contributed by atoms with van der Waals surface area (Å²) in [7, 11) is 1.81. The molecule has 1 saturated heterocycles. The lowest BCUT2D eigenvalue weighted by Crippen LogP contribution is -2.51. The molecular formula is C25H34N4O2. The van der Waals surface area contributed by atoms with Crippen LogP contribution in [0, 0.1) is 20.8 Å². The van der Waals surface area contributed by atoms with Gasteiger partial charge in [-0.05, 0) is 50.6 Å². The Labute approximate surface area is 185 Å². The zero-order valence-electron chi connectivity index (χ0n) is 19.1. The Kier molecular flexibility index (Phi) is 7.82. The van der Waals surface area contributed by atoms with Gasteiger partial charge in [-0.25, -0.2) is 0 Å². The number of hydrogen-bond donors (Lipinski definition) is 1. The summed E-state index contributed by atoms with van der Waals surface area (Å²) in [5.74, 6) is -0.0239. The number of benzene rings is 2. The number of piperazine rings is 1. The quantitative estimate of drug-likeness (QED) is 0.746. The number of likely N-dealkylation sites (N-methyl/N-ethyl adjacent to an activating group) is 1. The van der Waals surface area contributed by atoms with E-state index in [2.05, 4.69) is 41.4 Å². The highest BCUT2D eigenvalue weighted by atomic mass is 16.2. The van der Waals surface area contributed by atoms with Crippen molar-refractivity contribution in [1.82, 2.24) is 14.7 Å². The van der Waals surface area contributed by atoms with Crippen LogP contribution in [0.5, 0.6) is 0 Å². The molecule has 0 unspecified atom stereocenters. The van der Waals surface area contributed by atoms with Crippen LogP contribution in [0.3, 0.4) is 0 Å². The Morgan fingerprint density at radius 2 is 1.68 bits per heavy atom. The van der Waals surface area contributed by atoms with Crippen LogP contribution in [0.25, 0.3) is 0 Å². The molecule has 31 heavy (non-hydrogen) atoms. The molecule has 1 fully saturated rings. The molecule has 0 atom stereocenters. The Balaban J connectivity index is 1.41. The third-order valence-corrected chi connectivity index (χ3v) is 5.91. The molecule has 1 aliphatic heterocycles. The van der Waals surface area contributed by atoms with Crippen molar-refractivity contribution >= 4 is 17.5 Å². The van der Waals surface area contributed by atoms with Crippen molar-refractivity contribution in [2.45, 2.75) is 27.3 Å². The van der Waals surface area contributed by atoms with Gasteiger partial charge in [-0.15, -0.1) is 0 Å². The minimum absolute atomic E-state index is 0.0808. The van der Waals surface area contributed by atoms with Crippen molar-refractivity contribution in [3.63, 3.8) is 0 Å². The fourth-order valence-electron chi connectivity index (χ4n) is 3.93. The highest BCUT2D eigenvalue weighted by molar-refractivity contribution is 5.93. The van der Waals surface area contributed by atoms with Gasteiger partial charge in [0.15, 0.2) is 0 Å². The maximum absolute atomic E-state index is 12.7. The number of amides is 2. The van der Waals surface area contributed by atoms with E-state index in [1.165, 1.54) is 11.1 Å².